The van der Waals surface area contributed by atoms with Crippen LogP contribution in [0, 0.1) is 0 Å². The van der Waals surface area contributed by atoms with Crippen molar-refractivity contribution in [2.75, 3.05) is 11.9 Å². The number of hydrogen-bond acceptors (Lipinski definition) is 4. The fraction of sp³-hybridized carbons (Fsp3) is 0.636. The van der Waals surface area contributed by atoms with Crippen molar-refractivity contribution in [2.45, 2.75) is 38.4 Å². The van der Waals surface area contributed by atoms with Gasteiger partial charge in [-0.2, -0.15) is 13.2 Å². The van der Waals surface area contributed by atoms with E-state index in [9.17, 15) is 18.3 Å². The minimum absolute atomic E-state index is 0.0509. The monoisotopic (exact) mass is 297 g/mol. The summed E-state index contributed by atoms with van der Waals surface area (Å²) in [5.74, 6) is -0.0509. The number of aliphatic hydroxyl groups is 1. The maximum atomic E-state index is 12.6. The molecule has 0 bridgehead atoms. The average molecular weight is 298 g/mol. The van der Waals surface area contributed by atoms with Crippen molar-refractivity contribution in [3.8, 4) is 0 Å². The molecule has 1 heterocycles. The number of aromatic nitrogens is 2. The van der Waals surface area contributed by atoms with E-state index >= 15 is 0 Å². The standard InChI is InChI=1S/C11H15ClF3N3O/c1-3-10(4-2,6-19)18-8-5-7(11(13,14)15)16-9(12)17-8/h5,19H,3-4,6H2,1-2H3,(H,16,17,18). The third-order valence-corrected chi connectivity index (χ3v) is 3.21. The molecule has 0 amide bonds. The number of alkyl halides is 3. The first-order valence-corrected chi connectivity index (χ1v) is 6.15. The molecule has 0 aliphatic carbocycles. The number of hydrogen-bond donors (Lipinski definition) is 2. The summed E-state index contributed by atoms with van der Waals surface area (Å²) in [5.41, 5.74) is -1.84. The zero-order valence-corrected chi connectivity index (χ0v) is 11.3. The molecule has 1 aromatic heterocycles. The molecule has 1 rings (SSSR count). The van der Waals surface area contributed by atoms with E-state index < -0.39 is 22.7 Å². The highest BCUT2D eigenvalue weighted by atomic mass is 35.5. The lowest BCUT2D eigenvalue weighted by Crippen LogP contribution is -2.41. The van der Waals surface area contributed by atoms with Gasteiger partial charge in [0.25, 0.3) is 0 Å². The van der Waals surface area contributed by atoms with Crippen LogP contribution in [0.2, 0.25) is 5.28 Å². The second-order valence-corrected chi connectivity index (χ2v) is 4.51. The molecule has 0 atom stereocenters. The van der Waals surface area contributed by atoms with Crippen LogP contribution in [0.3, 0.4) is 0 Å². The maximum Gasteiger partial charge on any atom is 0.433 e. The van der Waals surface area contributed by atoms with Crippen molar-refractivity contribution in [3.05, 3.63) is 17.0 Å². The second-order valence-electron chi connectivity index (χ2n) is 4.18. The first-order chi connectivity index (χ1) is 8.76. The van der Waals surface area contributed by atoms with Crippen molar-refractivity contribution in [1.82, 2.24) is 9.97 Å². The Balaban J connectivity index is 3.11. The van der Waals surface area contributed by atoms with Crippen molar-refractivity contribution in [3.63, 3.8) is 0 Å². The van der Waals surface area contributed by atoms with Gasteiger partial charge in [0.1, 0.15) is 5.82 Å². The van der Waals surface area contributed by atoms with Crippen LogP contribution < -0.4 is 5.32 Å². The Morgan fingerprint density at radius 2 is 1.84 bits per heavy atom. The summed E-state index contributed by atoms with van der Waals surface area (Å²) in [5, 5.41) is 11.7. The highest BCUT2D eigenvalue weighted by molar-refractivity contribution is 6.28. The Morgan fingerprint density at radius 1 is 1.26 bits per heavy atom. The summed E-state index contributed by atoms with van der Waals surface area (Å²) >= 11 is 5.49. The van der Waals surface area contributed by atoms with Gasteiger partial charge in [-0.3, -0.25) is 0 Å². The number of anilines is 1. The molecule has 1 aromatic rings. The number of nitrogens with one attached hydrogen (secondary N) is 1. The minimum Gasteiger partial charge on any atom is -0.394 e. The van der Waals surface area contributed by atoms with Gasteiger partial charge in [0.05, 0.1) is 12.1 Å². The molecule has 0 unspecified atom stereocenters. The Hall–Kier alpha value is -1.08. The lowest BCUT2D eigenvalue weighted by atomic mass is 9.94. The van der Waals surface area contributed by atoms with E-state index in [0.29, 0.717) is 12.8 Å². The first-order valence-electron chi connectivity index (χ1n) is 5.77. The van der Waals surface area contributed by atoms with E-state index in [1.165, 1.54) is 0 Å². The third-order valence-electron chi connectivity index (χ3n) is 3.04. The highest BCUT2D eigenvalue weighted by Gasteiger charge is 2.34. The fourth-order valence-corrected chi connectivity index (χ4v) is 1.77. The second kappa shape index (κ2) is 5.92. The van der Waals surface area contributed by atoms with Crippen LogP contribution in [-0.4, -0.2) is 27.2 Å². The molecule has 0 aromatic carbocycles. The van der Waals surface area contributed by atoms with Gasteiger partial charge in [-0.25, -0.2) is 9.97 Å². The van der Waals surface area contributed by atoms with Crippen LogP contribution >= 0.6 is 11.6 Å². The molecule has 0 saturated heterocycles. The van der Waals surface area contributed by atoms with Gasteiger partial charge < -0.3 is 10.4 Å². The molecular formula is C11H15ClF3N3O. The summed E-state index contributed by atoms with van der Waals surface area (Å²) in [7, 11) is 0. The molecule has 0 radical (unpaired) electrons. The normalized spacial score (nSPS) is 12.6. The van der Waals surface area contributed by atoms with Crippen molar-refractivity contribution in [2.24, 2.45) is 0 Å². The number of rotatable bonds is 5. The molecule has 0 fully saturated rings. The van der Waals surface area contributed by atoms with Crippen LogP contribution in [0.25, 0.3) is 0 Å². The Morgan fingerprint density at radius 3 is 2.26 bits per heavy atom. The fourth-order valence-electron chi connectivity index (χ4n) is 1.59. The SMILES string of the molecule is CCC(CC)(CO)Nc1cc(C(F)(F)F)nc(Cl)n1. The van der Waals surface area contributed by atoms with E-state index in [4.69, 9.17) is 11.6 Å². The van der Waals surface area contributed by atoms with E-state index in [-0.39, 0.29) is 12.4 Å². The van der Waals surface area contributed by atoms with Crippen LogP contribution in [0.4, 0.5) is 19.0 Å². The van der Waals surface area contributed by atoms with Crippen LogP contribution in [0.1, 0.15) is 32.4 Å². The van der Waals surface area contributed by atoms with Gasteiger partial charge in [0, 0.05) is 6.07 Å². The molecule has 2 N–H and O–H groups in total. The van der Waals surface area contributed by atoms with Gasteiger partial charge in [0.15, 0.2) is 5.69 Å². The largest absolute Gasteiger partial charge is 0.433 e. The Bertz CT molecular complexity index is 427. The quantitative estimate of drug-likeness (QED) is 0.820. The summed E-state index contributed by atoms with van der Waals surface area (Å²) in [4.78, 5) is 6.85. The van der Waals surface area contributed by atoms with E-state index in [2.05, 4.69) is 15.3 Å². The van der Waals surface area contributed by atoms with E-state index in [1.807, 2.05) is 13.8 Å². The zero-order chi connectivity index (χ0) is 14.7. The van der Waals surface area contributed by atoms with Gasteiger partial charge in [-0.15, -0.1) is 0 Å². The van der Waals surface area contributed by atoms with Gasteiger partial charge in [0.2, 0.25) is 5.28 Å². The predicted octanol–water partition coefficient (Wildman–Crippen LogP) is 3.11. The molecule has 8 heteroatoms. The zero-order valence-electron chi connectivity index (χ0n) is 10.6. The van der Waals surface area contributed by atoms with Crippen LogP contribution in [-0.2, 0) is 6.18 Å². The lowest BCUT2D eigenvalue weighted by molar-refractivity contribution is -0.141. The predicted molar refractivity (Wildman–Crippen MR) is 66.1 cm³/mol. The summed E-state index contributed by atoms with van der Waals surface area (Å²) in [6.07, 6.45) is -3.53. The molecular weight excluding hydrogens is 283 g/mol. The topological polar surface area (TPSA) is 58.0 Å². The molecule has 108 valence electrons. The van der Waals surface area contributed by atoms with Gasteiger partial charge in [-0.05, 0) is 24.4 Å². The Kier molecular flexibility index (Phi) is 4.98. The molecule has 0 spiro atoms. The third kappa shape index (κ3) is 3.94. The van der Waals surface area contributed by atoms with Crippen molar-refractivity contribution >= 4 is 17.4 Å². The van der Waals surface area contributed by atoms with Crippen LogP contribution in [0.15, 0.2) is 6.07 Å². The molecule has 0 aliphatic rings. The minimum atomic E-state index is -4.59. The van der Waals surface area contributed by atoms with Crippen molar-refractivity contribution < 1.29 is 18.3 Å². The summed E-state index contributed by atoms with van der Waals surface area (Å²) < 4.78 is 37.8. The van der Waals surface area contributed by atoms with E-state index in [1.54, 1.807) is 0 Å². The summed E-state index contributed by atoms with van der Waals surface area (Å²) in [6.45, 7) is 3.42. The maximum absolute atomic E-state index is 12.6. The molecule has 0 aliphatic heterocycles. The van der Waals surface area contributed by atoms with E-state index in [0.717, 1.165) is 6.07 Å². The number of aliphatic hydroxyl groups excluding tert-OH is 1. The first kappa shape index (κ1) is 16.0. The Labute approximate surface area is 114 Å². The number of nitrogens with zero attached hydrogens (tertiary/aromatic N) is 2. The smallest absolute Gasteiger partial charge is 0.394 e. The van der Waals surface area contributed by atoms with Crippen molar-refractivity contribution in [1.29, 1.82) is 0 Å². The molecule has 4 nitrogen and oxygen atoms in total. The molecule has 19 heavy (non-hydrogen) atoms. The average Bonchev–Trinajstić information content (AvgIpc) is 2.34. The number of halogens is 4. The van der Waals surface area contributed by atoms with Crippen LogP contribution in [0.5, 0.6) is 0 Å². The highest BCUT2D eigenvalue weighted by Crippen LogP contribution is 2.30. The molecule has 0 saturated carbocycles. The van der Waals surface area contributed by atoms with Gasteiger partial charge >= 0.3 is 6.18 Å². The summed E-state index contributed by atoms with van der Waals surface area (Å²) in [6, 6.07) is 0.779. The lowest BCUT2D eigenvalue weighted by Gasteiger charge is -2.31. The van der Waals surface area contributed by atoms with Gasteiger partial charge in [-0.1, -0.05) is 13.8 Å².